The third-order valence-electron chi connectivity index (χ3n) is 5.43. The quantitative estimate of drug-likeness (QED) is 0.603. The van der Waals surface area contributed by atoms with Gasteiger partial charge in [0.15, 0.2) is 18.1 Å². The molecule has 0 radical (unpaired) electrons. The number of amides is 1. The van der Waals surface area contributed by atoms with Crippen molar-refractivity contribution < 1.29 is 18.7 Å². The second-order valence-electron chi connectivity index (χ2n) is 7.70. The molecular formula is C23H25N3O4. The first kappa shape index (κ1) is 19.9. The lowest BCUT2D eigenvalue weighted by Crippen LogP contribution is -2.40. The molecule has 1 saturated heterocycles. The Labute approximate surface area is 175 Å². The summed E-state index contributed by atoms with van der Waals surface area (Å²) in [6.07, 6.45) is 1.55. The molecule has 7 nitrogen and oxygen atoms in total. The molecule has 1 fully saturated rings. The topological polar surface area (TPSA) is 75.9 Å². The summed E-state index contributed by atoms with van der Waals surface area (Å²) in [5.74, 6) is 0.254. The van der Waals surface area contributed by atoms with Gasteiger partial charge in [-0.3, -0.25) is 4.79 Å². The number of likely N-dealkylation sites (tertiary alicyclic amines) is 1. The zero-order valence-electron chi connectivity index (χ0n) is 17.2. The number of esters is 1. The second-order valence-corrected chi connectivity index (χ2v) is 7.70. The number of hydrogen-bond donors (Lipinski definition) is 0. The van der Waals surface area contributed by atoms with Gasteiger partial charge in [0.05, 0.1) is 5.56 Å². The number of para-hydroxylation sites is 2. The minimum atomic E-state index is -0.492. The number of carbonyl (C=O) groups excluding carboxylic acids is 2. The van der Waals surface area contributed by atoms with Crippen molar-refractivity contribution in [3.63, 3.8) is 0 Å². The fraction of sp³-hybridized carbons (Fsp3) is 0.348. The van der Waals surface area contributed by atoms with Crippen LogP contribution in [0.5, 0.6) is 0 Å². The van der Waals surface area contributed by atoms with Crippen molar-refractivity contribution in [2.24, 2.45) is 0 Å². The van der Waals surface area contributed by atoms with Gasteiger partial charge >= 0.3 is 5.97 Å². The summed E-state index contributed by atoms with van der Waals surface area (Å²) in [5, 5.41) is 0. The van der Waals surface area contributed by atoms with Crippen LogP contribution < -0.4 is 4.90 Å². The third kappa shape index (κ3) is 4.30. The summed E-state index contributed by atoms with van der Waals surface area (Å²) in [6.45, 7) is 0.935. The highest BCUT2D eigenvalue weighted by Gasteiger charge is 2.27. The monoisotopic (exact) mass is 407 g/mol. The Morgan fingerprint density at radius 1 is 1.13 bits per heavy atom. The van der Waals surface area contributed by atoms with Gasteiger partial charge in [-0.05, 0) is 43.2 Å². The first-order valence-electron chi connectivity index (χ1n) is 10.1. The van der Waals surface area contributed by atoms with Crippen molar-refractivity contribution in [2.45, 2.75) is 18.8 Å². The van der Waals surface area contributed by atoms with Gasteiger partial charge in [-0.15, -0.1) is 0 Å². The standard InChI is InChI=1S/C23H25N3O4/c1-25(2)18-7-5-6-17(14-18)23(28)29-15-21(27)26-12-10-16(11-13-26)22-24-19-8-3-4-9-20(19)30-22/h3-9,14,16H,10-13,15H2,1-2H3. The van der Waals surface area contributed by atoms with Crippen LogP contribution in [-0.2, 0) is 9.53 Å². The highest BCUT2D eigenvalue weighted by atomic mass is 16.5. The summed E-state index contributed by atoms with van der Waals surface area (Å²) in [6, 6.07) is 14.8. The molecule has 0 aliphatic carbocycles. The van der Waals surface area contributed by atoms with Crippen LogP contribution in [0.1, 0.15) is 35.0 Å². The van der Waals surface area contributed by atoms with E-state index >= 15 is 0 Å². The Hall–Kier alpha value is -3.35. The van der Waals surface area contributed by atoms with Crippen LogP contribution in [-0.4, -0.2) is 55.6 Å². The van der Waals surface area contributed by atoms with E-state index < -0.39 is 5.97 Å². The summed E-state index contributed by atoms with van der Waals surface area (Å²) in [7, 11) is 3.80. The molecule has 1 aromatic heterocycles. The van der Waals surface area contributed by atoms with E-state index in [0.29, 0.717) is 18.7 Å². The number of ether oxygens (including phenoxy) is 1. The van der Waals surface area contributed by atoms with Crippen molar-refractivity contribution in [3.8, 4) is 0 Å². The fourth-order valence-corrected chi connectivity index (χ4v) is 3.65. The van der Waals surface area contributed by atoms with E-state index in [1.165, 1.54) is 0 Å². The lowest BCUT2D eigenvalue weighted by molar-refractivity contribution is -0.135. The number of oxazole rings is 1. The average molecular weight is 407 g/mol. The molecule has 0 saturated carbocycles. The molecule has 2 aromatic carbocycles. The molecule has 2 heterocycles. The Bertz CT molecular complexity index is 1020. The van der Waals surface area contributed by atoms with E-state index in [2.05, 4.69) is 4.98 Å². The van der Waals surface area contributed by atoms with Crippen LogP contribution in [0, 0.1) is 0 Å². The molecule has 1 aliphatic heterocycles. The van der Waals surface area contributed by atoms with Crippen LogP contribution in [0.25, 0.3) is 11.1 Å². The summed E-state index contributed by atoms with van der Waals surface area (Å²) in [5.41, 5.74) is 2.98. The lowest BCUT2D eigenvalue weighted by atomic mass is 9.97. The Morgan fingerprint density at radius 3 is 2.63 bits per heavy atom. The second kappa shape index (κ2) is 8.57. The van der Waals surface area contributed by atoms with E-state index in [9.17, 15) is 9.59 Å². The Balaban J connectivity index is 1.29. The number of carbonyl (C=O) groups is 2. The van der Waals surface area contributed by atoms with Gasteiger partial charge in [-0.2, -0.15) is 0 Å². The highest BCUT2D eigenvalue weighted by molar-refractivity contribution is 5.92. The van der Waals surface area contributed by atoms with Crippen molar-refractivity contribution >= 4 is 28.7 Å². The molecule has 0 N–H and O–H groups in total. The summed E-state index contributed by atoms with van der Waals surface area (Å²) >= 11 is 0. The Morgan fingerprint density at radius 2 is 1.90 bits per heavy atom. The van der Waals surface area contributed by atoms with E-state index in [-0.39, 0.29) is 18.4 Å². The van der Waals surface area contributed by atoms with Crippen molar-refractivity contribution in [1.82, 2.24) is 9.88 Å². The number of anilines is 1. The number of piperidine rings is 1. The van der Waals surface area contributed by atoms with Gasteiger partial charge in [-0.1, -0.05) is 18.2 Å². The Kier molecular flexibility index (Phi) is 5.70. The van der Waals surface area contributed by atoms with Crippen LogP contribution in [0.3, 0.4) is 0 Å². The van der Waals surface area contributed by atoms with E-state index in [1.54, 1.807) is 23.1 Å². The third-order valence-corrected chi connectivity index (χ3v) is 5.43. The molecule has 3 aromatic rings. The maximum absolute atomic E-state index is 12.5. The molecule has 0 atom stereocenters. The minimum absolute atomic E-state index is 0.178. The summed E-state index contributed by atoms with van der Waals surface area (Å²) < 4.78 is 11.1. The zero-order valence-corrected chi connectivity index (χ0v) is 17.2. The van der Waals surface area contributed by atoms with Crippen LogP contribution in [0.4, 0.5) is 5.69 Å². The van der Waals surface area contributed by atoms with Gasteiger partial charge in [-0.25, -0.2) is 9.78 Å². The maximum atomic E-state index is 12.5. The van der Waals surface area contributed by atoms with E-state index in [1.807, 2.05) is 49.3 Å². The fourth-order valence-electron chi connectivity index (χ4n) is 3.65. The van der Waals surface area contributed by atoms with Gasteiger partial charge in [0, 0.05) is 38.8 Å². The van der Waals surface area contributed by atoms with Crippen molar-refractivity contribution in [3.05, 3.63) is 60.0 Å². The van der Waals surface area contributed by atoms with Gasteiger partial charge in [0.1, 0.15) is 5.52 Å². The molecule has 0 spiro atoms. The summed E-state index contributed by atoms with van der Waals surface area (Å²) in [4.78, 5) is 33.0. The van der Waals surface area contributed by atoms with Crippen LogP contribution >= 0.6 is 0 Å². The van der Waals surface area contributed by atoms with Gasteiger partial charge < -0.3 is 19.0 Å². The number of rotatable bonds is 5. The molecule has 7 heteroatoms. The largest absolute Gasteiger partial charge is 0.452 e. The van der Waals surface area contributed by atoms with E-state index in [0.717, 1.165) is 35.5 Å². The molecule has 156 valence electrons. The predicted octanol–water partition coefficient (Wildman–Crippen LogP) is 3.46. The van der Waals surface area contributed by atoms with Gasteiger partial charge in [0.25, 0.3) is 5.91 Å². The lowest BCUT2D eigenvalue weighted by Gasteiger charge is -2.30. The van der Waals surface area contributed by atoms with E-state index in [4.69, 9.17) is 9.15 Å². The predicted molar refractivity (Wildman–Crippen MR) is 114 cm³/mol. The number of benzene rings is 2. The maximum Gasteiger partial charge on any atom is 0.338 e. The number of fused-ring (bicyclic) bond motifs is 1. The zero-order chi connectivity index (χ0) is 21.1. The number of hydrogen-bond acceptors (Lipinski definition) is 6. The minimum Gasteiger partial charge on any atom is -0.452 e. The highest BCUT2D eigenvalue weighted by Crippen LogP contribution is 2.30. The molecule has 30 heavy (non-hydrogen) atoms. The first-order valence-corrected chi connectivity index (χ1v) is 10.1. The molecule has 1 amide bonds. The number of nitrogens with zero attached hydrogens (tertiary/aromatic N) is 3. The normalized spacial score (nSPS) is 14.7. The van der Waals surface area contributed by atoms with Crippen molar-refractivity contribution in [2.75, 3.05) is 38.7 Å². The molecule has 0 unspecified atom stereocenters. The molecular weight excluding hydrogens is 382 g/mol. The van der Waals surface area contributed by atoms with Crippen LogP contribution in [0.2, 0.25) is 0 Å². The molecule has 4 rings (SSSR count). The average Bonchev–Trinajstić information content (AvgIpc) is 3.21. The molecule has 0 bridgehead atoms. The first-order chi connectivity index (χ1) is 14.5. The van der Waals surface area contributed by atoms with Gasteiger partial charge in [0.2, 0.25) is 0 Å². The van der Waals surface area contributed by atoms with Crippen molar-refractivity contribution in [1.29, 1.82) is 0 Å². The smallest absolute Gasteiger partial charge is 0.338 e. The SMILES string of the molecule is CN(C)c1cccc(C(=O)OCC(=O)N2CCC(c3nc4ccccc4o3)CC2)c1. The van der Waals surface area contributed by atoms with Crippen LogP contribution in [0.15, 0.2) is 52.9 Å². The molecule has 1 aliphatic rings. The number of aromatic nitrogens is 1.